The maximum Gasteiger partial charge on any atom is 0.240 e. The van der Waals surface area contributed by atoms with E-state index in [1.54, 1.807) is 6.07 Å². The lowest BCUT2D eigenvalue weighted by molar-refractivity contribution is -0.128. The Hall–Kier alpha value is -3.43. The van der Waals surface area contributed by atoms with E-state index in [-0.39, 0.29) is 38.4 Å². The summed E-state index contributed by atoms with van der Waals surface area (Å²) in [6, 6.07) is 12.0. The number of hydrogen-bond acceptors (Lipinski definition) is 6. The van der Waals surface area contributed by atoms with Gasteiger partial charge in [-0.2, -0.15) is 0 Å². The molecule has 2 unspecified atom stereocenters. The molecule has 1 aliphatic rings. The molecule has 31 heavy (non-hydrogen) atoms. The first-order chi connectivity index (χ1) is 14.8. The first-order valence-electron chi connectivity index (χ1n) is 9.93. The zero-order chi connectivity index (χ0) is 22.4. The molecular formula is C22H26N4O5. The van der Waals surface area contributed by atoms with Crippen molar-refractivity contribution >= 4 is 17.7 Å². The van der Waals surface area contributed by atoms with Crippen LogP contribution >= 0.6 is 0 Å². The van der Waals surface area contributed by atoms with Gasteiger partial charge in [-0.3, -0.25) is 14.4 Å². The third-order valence-electron chi connectivity index (χ3n) is 4.87. The molecule has 9 nitrogen and oxygen atoms in total. The Labute approximate surface area is 179 Å². The van der Waals surface area contributed by atoms with Gasteiger partial charge in [0.05, 0.1) is 13.0 Å². The molecule has 2 atom stereocenters. The van der Waals surface area contributed by atoms with Gasteiger partial charge in [0, 0.05) is 13.0 Å². The second kappa shape index (κ2) is 10.1. The number of aliphatic hydroxyl groups is 1. The van der Waals surface area contributed by atoms with Gasteiger partial charge in [-0.05, 0) is 34.4 Å². The molecule has 0 fully saturated rings. The van der Waals surface area contributed by atoms with Crippen molar-refractivity contribution in [2.75, 3.05) is 19.7 Å². The Morgan fingerprint density at radius 1 is 1.13 bits per heavy atom. The molecule has 1 heterocycles. The first-order valence-corrected chi connectivity index (χ1v) is 9.93. The Bertz CT molecular complexity index is 978. The fourth-order valence-corrected chi connectivity index (χ4v) is 3.28. The van der Waals surface area contributed by atoms with Crippen LogP contribution in [0, 0.1) is 0 Å². The second-order valence-corrected chi connectivity index (χ2v) is 7.45. The number of rotatable bonds is 5. The van der Waals surface area contributed by atoms with E-state index in [9.17, 15) is 19.5 Å². The Kier molecular flexibility index (Phi) is 7.22. The number of carbonyl (C=O) groups excluding carboxylic acids is 3. The summed E-state index contributed by atoms with van der Waals surface area (Å²) in [5, 5.41) is 14.8. The minimum absolute atomic E-state index is 0.0199. The lowest BCUT2D eigenvalue weighted by Gasteiger charge is -2.18. The van der Waals surface area contributed by atoms with Gasteiger partial charge in [-0.1, -0.05) is 30.3 Å². The number of amides is 3. The topological polar surface area (TPSA) is 157 Å². The summed E-state index contributed by atoms with van der Waals surface area (Å²) in [6.45, 7) is -0.180. The Morgan fingerprint density at radius 3 is 2.65 bits per heavy atom. The lowest BCUT2D eigenvalue weighted by Crippen LogP contribution is -2.49. The SMILES string of the molecule is NCC(O)COc1cc2cc(c1)-c1cccc(c1)CC(C(N)=O)NC(=O)CNC(=O)C2. The van der Waals surface area contributed by atoms with E-state index in [1.807, 2.05) is 36.4 Å². The number of nitrogens with one attached hydrogen (secondary N) is 2. The first kappa shape index (κ1) is 22.3. The Balaban J connectivity index is 2.00. The summed E-state index contributed by atoms with van der Waals surface area (Å²) in [5.41, 5.74) is 14.0. The molecular weight excluding hydrogens is 400 g/mol. The van der Waals surface area contributed by atoms with Gasteiger partial charge in [0.2, 0.25) is 17.7 Å². The minimum atomic E-state index is -0.898. The predicted molar refractivity (Wildman–Crippen MR) is 114 cm³/mol. The summed E-state index contributed by atoms with van der Waals surface area (Å²) in [4.78, 5) is 36.3. The number of aliphatic hydroxyl groups excluding tert-OH is 1. The zero-order valence-corrected chi connectivity index (χ0v) is 17.0. The molecule has 0 aliphatic carbocycles. The number of carbonyl (C=O) groups is 3. The molecule has 9 heteroatoms. The summed E-state index contributed by atoms with van der Waals surface area (Å²) < 4.78 is 5.67. The second-order valence-electron chi connectivity index (χ2n) is 7.45. The fourth-order valence-electron chi connectivity index (χ4n) is 3.28. The van der Waals surface area contributed by atoms with Crippen molar-refractivity contribution in [3.63, 3.8) is 0 Å². The van der Waals surface area contributed by atoms with Gasteiger partial charge in [-0.15, -0.1) is 0 Å². The van der Waals surface area contributed by atoms with E-state index >= 15 is 0 Å². The molecule has 1 aliphatic heterocycles. The monoisotopic (exact) mass is 426 g/mol. The average Bonchev–Trinajstić information content (AvgIpc) is 2.75. The van der Waals surface area contributed by atoms with Crippen LogP contribution < -0.4 is 26.8 Å². The average molecular weight is 426 g/mol. The maximum absolute atomic E-state index is 12.3. The van der Waals surface area contributed by atoms with Crippen LogP contribution in [0.1, 0.15) is 11.1 Å². The van der Waals surface area contributed by atoms with Gasteiger partial charge in [0.1, 0.15) is 24.5 Å². The number of ether oxygens (including phenoxy) is 1. The molecule has 4 bridgehead atoms. The van der Waals surface area contributed by atoms with Crippen molar-refractivity contribution < 1.29 is 24.2 Å². The number of primary amides is 1. The third kappa shape index (κ3) is 6.27. The van der Waals surface area contributed by atoms with Gasteiger partial charge in [0.15, 0.2) is 0 Å². The third-order valence-corrected chi connectivity index (χ3v) is 4.87. The van der Waals surface area contributed by atoms with Crippen LogP contribution in [0.15, 0.2) is 42.5 Å². The molecule has 7 N–H and O–H groups in total. The van der Waals surface area contributed by atoms with E-state index in [0.717, 1.165) is 16.7 Å². The van der Waals surface area contributed by atoms with Crippen LogP contribution in [0.3, 0.4) is 0 Å². The van der Waals surface area contributed by atoms with Crippen molar-refractivity contribution in [1.29, 1.82) is 0 Å². The molecule has 0 saturated heterocycles. The molecule has 2 aromatic rings. The summed E-state index contributed by atoms with van der Waals surface area (Å²) in [5.74, 6) is -1.04. The van der Waals surface area contributed by atoms with Crippen molar-refractivity contribution in [3.05, 3.63) is 53.6 Å². The molecule has 0 radical (unpaired) electrons. The van der Waals surface area contributed by atoms with Gasteiger partial charge >= 0.3 is 0 Å². The van der Waals surface area contributed by atoms with Crippen LogP contribution in [-0.2, 0) is 27.2 Å². The van der Waals surface area contributed by atoms with Gasteiger partial charge in [-0.25, -0.2) is 0 Å². The summed E-state index contributed by atoms with van der Waals surface area (Å²) in [6.07, 6.45) is -0.564. The fraction of sp³-hybridized carbons (Fsp3) is 0.318. The van der Waals surface area contributed by atoms with Gasteiger partial charge < -0.3 is 31.9 Å². The number of benzene rings is 2. The molecule has 2 aromatic carbocycles. The van der Waals surface area contributed by atoms with Crippen LogP contribution in [0.25, 0.3) is 11.1 Å². The van der Waals surface area contributed by atoms with Crippen LogP contribution in [-0.4, -0.2) is 54.7 Å². The standard InChI is InChI=1S/C22H26N4O5/c23-10-17(27)12-31-18-6-14-5-16(9-18)15-3-1-2-13(4-15)7-19(22(24)30)26-21(29)11-25-20(28)8-14/h1-6,9,17,19,27H,7-8,10-12,23H2,(H2,24,30)(H,25,28)(H,26,29). The highest BCUT2D eigenvalue weighted by Gasteiger charge is 2.20. The highest BCUT2D eigenvalue weighted by atomic mass is 16.5. The highest BCUT2D eigenvalue weighted by molar-refractivity contribution is 5.90. The smallest absolute Gasteiger partial charge is 0.240 e. The summed E-state index contributed by atoms with van der Waals surface area (Å²) >= 11 is 0. The van der Waals surface area contributed by atoms with Crippen molar-refractivity contribution in [2.45, 2.75) is 25.0 Å². The quantitative estimate of drug-likeness (QED) is 0.423. The molecule has 0 spiro atoms. The van der Waals surface area contributed by atoms with E-state index in [1.165, 1.54) is 0 Å². The van der Waals surface area contributed by atoms with E-state index in [2.05, 4.69) is 10.6 Å². The number of fused-ring (bicyclic) bond motifs is 5. The van der Waals surface area contributed by atoms with E-state index in [0.29, 0.717) is 11.3 Å². The zero-order valence-electron chi connectivity index (χ0n) is 17.0. The van der Waals surface area contributed by atoms with Crippen LogP contribution in [0.5, 0.6) is 5.75 Å². The largest absolute Gasteiger partial charge is 0.491 e. The summed E-state index contributed by atoms with van der Waals surface area (Å²) in [7, 11) is 0. The van der Waals surface area contributed by atoms with Crippen LogP contribution in [0.4, 0.5) is 0 Å². The lowest BCUT2D eigenvalue weighted by atomic mass is 9.97. The minimum Gasteiger partial charge on any atom is -0.491 e. The molecule has 0 saturated carbocycles. The van der Waals surface area contributed by atoms with E-state index < -0.39 is 24.0 Å². The maximum atomic E-state index is 12.3. The number of nitrogens with two attached hydrogens (primary N) is 2. The molecule has 3 rings (SSSR count). The normalized spacial score (nSPS) is 17.7. The molecule has 164 valence electrons. The predicted octanol–water partition coefficient (Wildman–Crippen LogP) is -0.763. The van der Waals surface area contributed by atoms with Crippen molar-refractivity contribution in [1.82, 2.24) is 10.6 Å². The highest BCUT2D eigenvalue weighted by Crippen LogP contribution is 2.28. The number of hydrogen-bond donors (Lipinski definition) is 5. The van der Waals surface area contributed by atoms with Gasteiger partial charge in [0.25, 0.3) is 0 Å². The Morgan fingerprint density at radius 2 is 1.90 bits per heavy atom. The van der Waals surface area contributed by atoms with Crippen molar-refractivity contribution in [2.24, 2.45) is 11.5 Å². The van der Waals surface area contributed by atoms with Crippen LogP contribution in [0.2, 0.25) is 0 Å². The van der Waals surface area contributed by atoms with Crippen molar-refractivity contribution in [3.8, 4) is 16.9 Å². The van der Waals surface area contributed by atoms with E-state index in [4.69, 9.17) is 16.2 Å². The molecule has 3 amide bonds. The molecule has 0 aromatic heterocycles.